The van der Waals surface area contributed by atoms with Gasteiger partial charge >= 0.3 is 0 Å². The van der Waals surface area contributed by atoms with Crippen molar-refractivity contribution in [1.29, 1.82) is 5.26 Å². The van der Waals surface area contributed by atoms with Crippen molar-refractivity contribution in [3.63, 3.8) is 0 Å². The number of carbonyl (C=O) groups is 2. The van der Waals surface area contributed by atoms with Crippen LogP contribution in [-0.4, -0.2) is 31.1 Å². The van der Waals surface area contributed by atoms with Crippen molar-refractivity contribution in [2.75, 3.05) is 18.1 Å². The SMILES string of the molecule is N#C[C@@H]1[C@@H]2C(=O)N(c3ccc4c(c3)OCCO4)C(=O)[C@@H]2[C@H]2c3ccccc3C=C[NH+]12. The zero-order valence-electron chi connectivity index (χ0n) is 15.9. The van der Waals surface area contributed by atoms with Gasteiger partial charge in [0.15, 0.2) is 17.5 Å². The molecule has 2 fully saturated rings. The van der Waals surface area contributed by atoms with Gasteiger partial charge in [-0.1, -0.05) is 24.3 Å². The molecule has 2 saturated heterocycles. The molecule has 2 amide bonds. The van der Waals surface area contributed by atoms with E-state index in [9.17, 15) is 14.9 Å². The van der Waals surface area contributed by atoms with Crippen molar-refractivity contribution in [2.24, 2.45) is 11.8 Å². The van der Waals surface area contributed by atoms with Crippen LogP contribution in [0.4, 0.5) is 5.69 Å². The highest BCUT2D eigenvalue weighted by atomic mass is 16.6. The minimum Gasteiger partial charge on any atom is -0.486 e. The van der Waals surface area contributed by atoms with Gasteiger partial charge in [-0.2, -0.15) is 5.26 Å². The Morgan fingerprint density at radius 2 is 1.77 bits per heavy atom. The molecule has 7 nitrogen and oxygen atoms in total. The summed E-state index contributed by atoms with van der Waals surface area (Å²) in [6, 6.07) is 14.4. The molecule has 4 aliphatic rings. The molecule has 0 spiro atoms. The van der Waals surface area contributed by atoms with Crippen LogP contribution in [0.1, 0.15) is 17.2 Å². The average molecular weight is 400 g/mol. The number of anilines is 1. The van der Waals surface area contributed by atoms with Crippen molar-refractivity contribution in [2.45, 2.75) is 12.1 Å². The molecule has 2 aromatic rings. The first-order valence-electron chi connectivity index (χ1n) is 10.00. The number of benzene rings is 2. The van der Waals surface area contributed by atoms with Gasteiger partial charge in [0.05, 0.1) is 11.9 Å². The van der Waals surface area contributed by atoms with E-state index < -0.39 is 17.9 Å². The number of nitriles is 1. The first-order valence-corrected chi connectivity index (χ1v) is 10.00. The fourth-order valence-corrected chi connectivity index (χ4v) is 5.31. The molecule has 1 unspecified atom stereocenters. The van der Waals surface area contributed by atoms with Gasteiger partial charge in [-0.25, -0.2) is 4.90 Å². The van der Waals surface area contributed by atoms with Crippen LogP contribution in [0.3, 0.4) is 0 Å². The number of hydrogen-bond acceptors (Lipinski definition) is 5. The predicted molar refractivity (Wildman–Crippen MR) is 105 cm³/mol. The highest BCUT2D eigenvalue weighted by Crippen LogP contribution is 2.45. The molecule has 4 heterocycles. The smallest absolute Gasteiger partial charge is 0.245 e. The second kappa shape index (κ2) is 6.18. The van der Waals surface area contributed by atoms with E-state index in [0.29, 0.717) is 30.4 Å². The van der Waals surface area contributed by atoms with Crippen LogP contribution >= 0.6 is 0 Å². The Balaban J connectivity index is 1.44. The number of imide groups is 1. The van der Waals surface area contributed by atoms with Crippen molar-refractivity contribution < 1.29 is 24.0 Å². The lowest BCUT2D eigenvalue weighted by Crippen LogP contribution is -3.10. The minimum absolute atomic E-state index is 0.250. The molecule has 6 rings (SSSR count). The number of carbonyl (C=O) groups excluding carboxylic acids is 2. The van der Waals surface area contributed by atoms with Gasteiger partial charge in [0, 0.05) is 11.6 Å². The highest BCUT2D eigenvalue weighted by Gasteiger charge is 2.66. The molecule has 0 saturated carbocycles. The quantitative estimate of drug-likeness (QED) is 0.725. The summed E-state index contributed by atoms with van der Waals surface area (Å²) in [7, 11) is 0. The summed E-state index contributed by atoms with van der Waals surface area (Å²) in [4.78, 5) is 29.1. The molecule has 0 radical (unpaired) electrons. The summed E-state index contributed by atoms with van der Waals surface area (Å²) in [6.07, 6.45) is 3.90. The summed E-state index contributed by atoms with van der Waals surface area (Å²) >= 11 is 0. The monoisotopic (exact) mass is 400 g/mol. The maximum Gasteiger partial charge on any atom is 0.245 e. The summed E-state index contributed by atoms with van der Waals surface area (Å²) in [5.41, 5.74) is 2.50. The molecule has 5 atom stereocenters. The second-order valence-corrected chi connectivity index (χ2v) is 7.94. The first-order chi connectivity index (χ1) is 14.7. The van der Waals surface area contributed by atoms with E-state index in [1.165, 1.54) is 4.90 Å². The largest absolute Gasteiger partial charge is 0.486 e. The zero-order chi connectivity index (χ0) is 20.4. The van der Waals surface area contributed by atoms with Gasteiger partial charge in [-0.3, -0.25) is 14.5 Å². The van der Waals surface area contributed by atoms with E-state index >= 15 is 0 Å². The standard InChI is InChI=1S/C23H17N3O4/c24-12-16-19-20(21-15-4-2-1-3-13(15)7-8-25(16)21)23(28)26(22(19)27)14-5-6-17-18(11-14)30-10-9-29-17/h1-8,11,16,19-21H,9-10H2/p+1/t16-,19+,20+,21-/m1/s1. The Kier molecular flexibility index (Phi) is 3.55. The molecule has 0 bridgehead atoms. The number of amides is 2. The Hall–Kier alpha value is -3.63. The van der Waals surface area contributed by atoms with Gasteiger partial charge in [0.2, 0.25) is 11.8 Å². The lowest BCUT2D eigenvalue weighted by atomic mass is 9.85. The topological polar surface area (TPSA) is 84.1 Å². The van der Waals surface area contributed by atoms with E-state index in [1.54, 1.807) is 18.2 Å². The van der Waals surface area contributed by atoms with Crippen molar-refractivity contribution >= 4 is 23.6 Å². The van der Waals surface area contributed by atoms with Gasteiger partial charge in [0.25, 0.3) is 0 Å². The lowest BCUT2D eigenvalue weighted by Gasteiger charge is -2.29. The van der Waals surface area contributed by atoms with E-state index in [2.05, 4.69) is 6.07 Å². The van der Waals surface area contributed by atoms with Gasteiger partial charge < -0.3 is 9.47 Å². The number of quaternary nitrogens is 1. The second-order valence-electron chi connectivity index (χ2n) is 7.94. The Morgan fingerprint density at radius 1 is 1.00 bits per heavy atom. The van der Waals surface area contributed by atoms with Crippen LogP contribution < -0.4 is 19.3 Å². The Labute approximate surface area is 172 Å². The van der Waals surface area contributed by atoms with Crippen molar-refractivity contribution in [3.8, 4) is 17.6 Å². The third-order valence-electron chi connectivity index (χ3n) is 6.54. The van der Waals surface area contributed by atoms with Gasteiger partial charge in [0.1, 0.15) is 37.2 Å². The average Bonchev–Trinajstić information content (AvgIpc) is 3.25. The summed E-state index contributed by atoms with van der Waals surface area (Å²) < 4.78 is 11.2. The summed E-state index contributed by atoms with van der Waals surface area (Å²) in [6.45, 7) is 0.888. The normalized spacial score (nSPS) is 30.5. The molecule has 0 aromatic heterocycles. The van der Waals surface area contributed by atoms with Crippen LogP contribution in [0.25, 0.3) is 6.08 Å². The number of rotatable bonds is 1. The third-order valence-corrected chi connectivity index (χ3v) is 6.54. The molecule has 4 aliphatic heterocycles. The number of fused-ring (bicyclic) bond motifs is 6. The van der Waals surface area contributed by atoms with Crippen molar-refractivity contribution in [1.82, 2.24) is 0 Å². The maximum absolute atomic E-state index is 13.6. The van der Waals surface area contributed by atoms with E-state index in [4.69, 9.17) is 9.47 Å². The van der Waals surface area contributed by atoms with E-state index in [-0.39, 0.29) is 17.9 Å². The zero-order valence-corrected chi connectivity index (χ0v) is 15.9. The molecular formula is C23H18N3O4+. The molecule has 1 N–H and O–H groups in total. The molecule has 148 valence electrons. The number of nitrogens with one attached hydrogen (secondary N) is 1. The predicted octanol–water partition coefficient (Wildman–Crippen LogP) is 1.08. The molecular weight excluding hydrogens is 382 g/mol. The summed E-state index contributed by atoms with van der Waals surface area (Å²) in [5.74, 6) is -0.705. The first kappa shape index (κ1) is 17.2. The molecule has 30 heavy (non-hydrogen) atoms. The van der Waals surface area contributed by atoms with E-state index in [0.717, 1.165) is 16.0 Å². The molecule has 2 aromatic carbocycles. The van der Waals surface area contributed by atoms with Crippen LogP contribution in [0.15, 0.2) is 48.7 Å². The Bertz CT molecular complexity index is 1170. The number of hydrogen-bond donors (Lipinski definition) is 1. The fraction of sp³-hybridized carbons (Fsp3) is 0.261. The summed E-state index contributed by atoms with van der Waals surface area (Å²) in [5, 5.41) is 9.90. The maximum atomic E-state index is 13.6. The van der Waals surface area contributed by atoms with Crippen LogP contribution in [0.2, 0.25) is 0 Å². The Morgan fingerprint density at radius 3 is 2.60 bits per heavy atom. The highest BCUT2D eigenvalue weighted by molar-refractivity contribution is 6.23. The minimum atomic E-state index is -0.675. The number of ether oxygens (including phenoxy) is 2. The van der Waals surface area contributed by atoms with Crippen LogP contribution in [-0.2, 0) is 9.59 Å². The van der Waals surface area contributed by atoms with Gasteiger partial charge in [-0.05, 0) is 23.8 Å². The van der Waals surface area contributed by atoms with Crippen LogP contribution in [0, 0.1) is 23.2 Å². The van der Waals surface area contributed by atoms with Crippen molar-refractivity contribution in [3.05, 3.63) is 59.8 Å². The number of nitrogens with zero attached hydrogens (tertiary/aromatic N) is 2. The van der Waals surface area contributed by atoms with Gasteiger partial charge in [-0.15, -0.1) is 0 Å². The van der Waals surface area contributed by atoms with E-state index in [1.807, 2.05) is 36.5 Å². The van der Waals surface area contributed by atoms with Crippen LogP contribution in [0.5, 0.6) is 11.5 Å². The lowest BCUT2D eigenvalue weighted by molar-refractivity contribution is -0.885. The third kappa shape index (κ3) is 2.17. The molecule has 7 heteroatoms. The fourth-order valence-electron chi connectivity index (χ4n) is 5.31. The molecule has 0 aliphatic carbocycles.